The second kappa shape index (κ2) is 5.97. The van der Waals surface area contributed by atoms with Gasteiger partial charge in [-0.3, -0.25) is 4.98 Å². The molecule has 4 heteroatoms. The number of nitrogens with one attached hydrogen (secondary N) is 2. The monoisotopic (exact) mass is 294 g/mol. The van der Waals surface area contributed by atoms with Crippen molar-refractivity contribution in [1.82, 2.24) is 10.3 Å². The summed E-state index contributed by atoms with van der Waals surface area (Å²) < 4.78 is 0. The molecule has 4 nitrogen and oxygen atoms in total. The highest BCUT2D eigenvalue weighted by molar-refractivity contribution is 5.56. The van der Waals surface area contributed by atoms with E-state index in [4.69, 9.17) is 0 Å². The zero-order valence-electron chi connectivity index (χ0n) is 12.7. The molecule has 2 aromatic rings. The first kappa shape index (κ1) is 13.6. The van der Waals surface area contributed by atoms with Gasteiger partial charge < -0.3 is 15.5 Å². The van der Waals surface area contributed by atoms with E-state index in [0.717, 1.165) is 37.2 Å². The molecule has 2 atom stereocenters. The summed E-state index contributed by atoms with van der Waals surface area (Å²) in [5.41, 5.74) is 3.62. The van der Waals surface area contributed by atoms with Gasteiger partial charge in [-0.2, -0.15) is 0 Å². The summed E-state index contributed by atoms with van der Waals surface area (Å²) in [4.78, 5) is 6.90. The van der Waals surface area contributed by atoms with Crippen LogP contribution >= 0.6 is 0 Å². The summed E-state index contributed by atoms with van der Waals surface area (Å²) >= 11 is 0. The van der Waals surface area contributed by atoms with Gasteiger partial charge in [-0.1, -0.05) is 30.3 Å². The van der Waals surface area contributed by atoms with Crippen molar-refractivity contribution < 1.29 is 0 Å². The van der Waals surface area contributed by atoms with Crippen LogP contribution in [0.4, 0.5) is 11.4 Å². The molecule has 0 saturated carbocycles. The summed E-state index contributed by atoms with van der Waals surface area (Å²) in [5, 5.41) is 6.97. The lowest BCUT2D eigenvalue weighted by molar-refractivity contribution is 0.533. The molecule has 1 aromatic carbocycles. The van der Waals surface area contributed by atoms with Crippen LogP contribution in [0.1, 0.15) is 5.56 Å². The number of hydrogen-bond acceptors (Lipinski definition) is 4. The number of benzene rings is 1. The lowest BCUT2D eigenvalue weighted by Crippen LogP contribution is -2.25. The molecule has 2 N–H and O–H groups in total. The molecule has 1 aromatic heterocycles. The molecule has 0 unspecified atom stereocenters. The fourth-order valence-corrected chi connectivity index (χ4v) is 3.56. The van der Waals surface area contributed by atoms with E-state index in [9.17, 15) is 0 Å². The Kier molecular flexibility index (Phi) is 3.69. The van der Waals surface area contributed by atoms with Crippen LogP contribution in [0.2, 0.25) is 0 Å². The summed E-state index contributed by atoms with van der Waals surface area (Å²) in [6, 6.07) is 12.7. The Balaban J connectivity index is 1.42. The molecule has 2 saturated heterocycles. The molecule has 0 aliphatic carbocycles. The van der Waals surface area contributed by atoms with E-state index >= 15 is 0 Å². The van der Waals surface area contributed by atoms with Gasteiger partial charge in [0, 0.05) is 32.7 Å². The summed E-state index contributed by atoms with van der Waals surface area (Å²) in [6.45, 7) is 5.48. The first-order chi connectivity index (χ1) is 10.9. The van der Waals surface area contributed by atoms with Gasteiger partial charge in [0.25, 0.3) is 0 Å². The van der Waals surface area contributed by atoms with Crippen molar-refractivity contribution in [3.8, 4) is 0 Å². The number of pyridine rings is 1. The van der Waals surface area contributed by atoms with Crippen molar-refractivity contribution in [3.63, 3.8) is 0 Å². The van der Waals surface area contributed by atoms with E-state index in [-0.39, 0.29) is 0 Å². The quantitative estimate of drug-likeness (QED) is 0.908. The van der Waals surface area contributed by atoms with Gasteiger partial charge in [-0.05, 0) is 23.5 Å². The molecule has 0 amide bonds. The molecule has 114 valence electrons. The van der Waals surface area contributed by atoms with Crippen LogP contribution < -0.4 is 15.5 Å². The maximum atomic E-state index is 4.42. The Hall–Kier alpha value is -2.07. The standard InChI is InChI=1S/C18H22N4/c1-2-4-14(5-3-1)7-21-17-6-18(11-20-10-17)22-12-15-8-19-9-16(15)13-22/h1-6,10-11,15-16,19,21H,7-9,12-13H2/t15-,16+. The van der Waals surface area contributed by atoms with Gasteiger partial charge in [0.2, 0.25) is 0 Å². The normalized spacial score (nSPS) is 23.5. The van der Waals surface area contributed by atoms with E-state index < -0.39 is 0 Å². The molecular weight excluding hydrogens is 272 g/mol. The van der Waals surface area contributed by atoms with E-state index in [2.05, 4.69) is 50.8 Å². The van der Waals surface area contributed by atoms with Gasteiger partial charge in [0.05, 0.1) is 23.8 Å². The van der Waals surface area contributed by atoms with E-state index in [1.54, 1.807) is 0 Å². The van der Waals surface area contributed by atoms with E-state index in [1.165, 1.54) is 24.3 Å². The van der Waals surface area contributed by atoms with Gasteiger partial charge in [0.15, 0.2) is 0 Å². The van der Waals surface area contributed by atoms with Crippen LogP contribution in [0.3, 0.4) is 0 Å². The molecule has 2 aliphatic rings. The highest BCUT2D eigenvalue weighted by Crippen LogP contribution is 2.31. The van der Waals surface area contributed by atoms with Crippen LogP contribution in [0, 0.1) is 11.8 Å². The second-order valence-electron chi connectivity index (χ2n) is 6.35. The highest BCUT2D eigenvalue weighted by atomic mass is 15.2. The fourth-order valence-electron chi connectivity index (χ4n) is 3.56. The molecule has 2 fully saturated rings. The first-order valence-corrected chi connectivity index (χ1v) is 8.07. The number of rotatable bonds is 4. The third-order valence-corrected chi connectivity index (χ3v) is 4.82. The molecule has 4 rings (SSSR count). The third-order valence-electron chi connectivity index (χ3n) is 4.82. The number of fused-ring (bicyclic) bond motifs is 1. The van der Waals surface area contributed by atoms with E-state index in [0.29, 0.717) is 0 Å². The minimum atomic E-state index is 0.806. The average molecular weight is 294 g/mol. The summed E-state index contributed by atoms with van der Waals surface area (Å²) in [5.74, 6) is 1.61. The topological polar surface area (TPSA) is 40.2 Å². The van der Waals surface area contributed by atoms with Crippen LogP contribution in [0.25, 0.3) is 0 Å². The van der Waals surface area contributed by atoms with Crippen molar-refractivity contribution in [2.75, 3.05) is 36.4 Å². The van der Waals surface area contributed by atoms with Gasteiger partial charge >= 0.3 is 0 Å². The maximum absolute atomic E-state index is 4.42. The van der Waals surface area contributed by atoms with Crippen LogP contribution in [-0.4, -0.2) is 31.2 Å². The van der Waals surface area contributed by atoms with Crippen molar-refractivity contribution >= 4 is 11.4 Å². The Morgan fingerprint density at radius 2 is 1.86 bits per heavy atom. The van der Waals surface area contributed by atoms with Crippen molar-refractivity contribution in [2.45, 2.75) is 6.54 Å². The first-order valence-electron chi connectivity index (χ1n) is 8.07. The minimum Gasteiger partial charge on any atom is -0.380 e. The Labute approximate surface area is 131 Å². The minimum absolute atomic E-state index is 0.806. The lowest BCUT2D eigenvalue weighted by atomic mass is 10.0. The smallest absolute Gasteiger partial charge is 0.0573 e. The Morgan fingerprint density at radius 1 is 1.09 bits per heavy atom. The molecule has 22 heavy (non-hydrogen) atoms. The van der Waals surface area contributed by atoms with Gasteiger partial charge in [-0.15, -0.1) is 0 Å². The highest BCUT2D eigenvalue weighted by Gasteiger charge is 2.36. The molecular formula is C18H22N4. The lowest BCUT2D eigenvalue weighted by Gasteiger charge is -2.20. The number of hydrogen-bond donors (Lipinski definition) is 2. The van der Waals surface area contributed by atoms with Crippen LogP contribution in [0.5, 0.6) is 0 Å². The average Bonchev–Trinajstić information content (AvgIpc) is 3.16. The zero-order valence-corrected chi connectivity index (χ0v) is 12.7. The predicted molar refractivity (Wildman–Crippen MR) is 90.1 cm³/mol. The van der Waals surface area contributed by atoms with Crippen molar-refractivity contribution in [2.24, 2.45) is 11.8 Å². The van der Waals surface area contributed by atoms with Gasteiger partial charge in [-0.25, -0.2) is 0 Å². The fraction of sp³-hybridized carbons (Fsp3) is 0.389. The molecule has 2 aliphatic heterocycles. The number of aromatic nitrogens is 1. The molecule has 0 radical (unpaired) electrons. The third kappa shape index (κ3) is 2.79. The van der Waals surface area contributed by atoms with Crippen molar-refractivity contribution in [3.05, 3.63) is 54.4 Å². The predicted octanol–water partition coefficient (Wildman–Crippen LogP) is 2.35. The SMILES string of the molecule is c1ccc(CNc2cncc(N3C[C@H]4CNC[C@H]4C3)c2)cc1. The molecule has 3 heterocycles. The summed E-state index contributed by atoms with van der Waals surface area (Å²) in [6.07, 6.45) is 3.90. The largest absolute Gasteiger partial charge is 0.380 e. The second-order valence-corrected chi connectivity index (χ2v) is 6.35. The zero-order chi connectivity index (χ0) is 14.8. The van der Waals surface area contributed by atoms with Gasteiger partial charge in [0.1, 0.15) is 0 Å². The van der Waals surface area contributed by atoms with Crippen molar-refractivity contribution in [1.29, 1.82) is 0 Å². The van der Waals surface area contributed by atoms with Crippen LogP contribution in [-0.2, 0) is 6.54 Å². The molecule has 0 spiro atoms. The number of nitrogens with zero attached hydrogens (tertiary/aromatic N) is 2. The Morgan fingerprint density at radius 3 is 2.64 bits per heavy atom. The van der Waals surface area contributed by atoms with Crippen LogP contribution in [0.15, 0.2) is 48.8 Å². The molecule has 0 bridgehead atoms. The summed E-state index contributed by atoms with van der Waals surface area (Å²) in [7, 11) is 0. The maximum Gasteiger partial charge on any atom is 0.0573 e. The van der Waals surface area contributed by atoms with E-state index in [1.807, 2.05) is 18.5 Å². The Bertz CT molecular complexity index is 616. The number of anilines is 2.